The second kappa shape index (κ2) is 8.90. The zero-order chi connectivity index (χ0) is 21.9. The van der Waals surface area contributed by atoms with E-state index in [4.69, 9.17) is 11.6 Å². The van der Waals surface area contributed by atoms with Crippen molar-refractivity contribution in [1.29, 1.82) is 0 Å². The number of nitrogens with one attached hydrogen (secondary N) is 1. The lowest BCUT2D eigenvalue weighted by Gasteiger charge is -2.26. The minimum Gasteiger partial charge on any atom is -0.323 e. The number of para-hydroxylation sites is 1. The molecule has 0 heterocycles. The second-order valence-corrected chi connectivity index (χ2v) is 9.41. The highest BCUT2D eigenvalue weighted by Gasteiger charge is 2.28. The summed E-state index contributed by atoms with van der Waals surface area (Å²) in [4.78, 5) is 12.9. The van der Waals surface area contributed by atoms with E-state index in [1.54, 1.807) is 54.6 Å². The molecule has 0 bridgehead atoms. The molecule has 0 saturated heterocycles. The van der Waals surface area contributed by atoms with Gasteiger partial charge in [0.25, 0.3) is 10.0 Å². The lowest BCUT2D eigenvalue weighted by atomic mass is 10.1. The van der Waals surface area contributed by atoms with Gasteiger partial charge in [-0.25, -0.2) is 8.42 Å². The number of carbonyl (C=O) groups excluding carboxylic acids is 1. The fraction of sp³-hybridized carbons (Fsp3) is 0.174. The summed E-state index contributed by atoms with van der Waals surface area (Å²) >= 11 is 6.12. The van der Waals surface area contributed by atoms with Gasteiger partial charge >= 0.3 is 0 Å². The summed E-state index contributed by atoms with van der Waals surface area (Å²) in [6.07, 6.45) is 0. The Morgan fingerprint density at radius 1 is 0.933 bits per heavy atom. The normalized spacial score (nSPS) is 11.2. The van der Waals surface area contributed by atoms with Gasteiger partial charge in [0, 0.05) is 0 Å². The molecule has 0 aliphatic carbocycles. The zero-order valence-corrected chi connectivity index (χ0v) is 18.6. The molecule has 30 heavy (non-hydrogen) atoms. The van der Waals surface area contributed by atoms with E-state index in [1.807, 2.05) is 32.9 Å². The maximum Gasteiger partial charge on any atom is 0.264 e. The molecular weight excluding hydrogens is 420 g/mol. The summed E-state index contributed by atoms with van der Waals surface area (Å²) in [6, 6.07) is 18.9. The molecule has 7 heteroatoms. The lowest BCUT2D eigenvalue weighted by Crippen LogP contribution is -2.38. The van der Waals surface area contributed by atoms with Crippen LogP contribution in [0.3, 0.4) is 0 Å². The minimum atomic E-state index is -3.97. The number of amides is 1. The first kappa shape index (κ1) is 21.9. The average molecular weight is 443 g/mol. The molecule has 1 amide bonds. The number of halogens is 1. The van der Waals surface area contributed by atoms with Gasteiger partial charge in [-0.3, -0.25) is 9.10 Å². The third-order valence-corrected chi connectivity index (χ3v) is 6.78. The SMILES string of the molecule is Cc1ccc(S(=O)(=O)N(CC(=O)Nc2ccccc2Cl)c2cc(C)ccc2C)cc1. The largest absolute Gasteiger partial charge is 0.323 e. The number of anilines is 2. The highest BCUT2D eigenvalue weighted by Crippen LogP contribution is 2.28. The van der Waals surface area contributed by atoms with Crippen molar-refractivity contribution in [3.05, 3.63) is 88.4 Å². The van der Waals surface area contributed by atoms with Crippen molar-refractivity contribution in [3.8, 4) is 0 Å². The van der Waals surface area contributed by atoms with E-state index in [-0.39, 0.29) is 11.4 Å². The molecule has 0 radical (unpaired) electrons. The molecule has 0 saturated carbocycles. The van der Waals surface area contributed by atoms with Crippen molar-refractivity contribution in [3.63, 3.8) is 0 Å². The number of hydrogen-bond donors (Lipinski definition) is 1. The molecular formula is C23H23ClN2O3S. The van der Waals surface area contributed by atoms with Crippen molar-refractivity contribution in [1.82, 2.24) is 0 Å². The Morgan fingerprint density at radius 3 is 2.23 bits per heavy atom. The van der Waals surface area contributed by atoms with Crippen LogP contribution >= 0.6 is 11.6 Å². The minimum absolute atomic E-state index is 0.125. The van der Waals surface area contributed by atoms with E-state index >= 15 is 0 Å². The van der Waals surface area contributed by atoms with Crippen LogP contribution in [-0.4, -0.2) is 20.9 Å². The zero-order valence-electron chi connectivity index (χ0n) is 17.0. The molecule has 0 atom stereocenters. The van der Waals surface area contributed by atoms with Crippen LogP contribution < -0.4 is 9.62 Å². The number of hydrogen-bond acceptors (Lipinski definition) is 3. The Hall–Kier alpha value is -2.83. The van der Waals surface area contributed by atoms with Crippen LogP contribution in [0.25, 0.3) is 0 Å². The van der Waals surface area contributed by atoms with Crippen molar-refractivity contribution < 1.29 is 13.2 Å². The molecule has 1 N–H and O–H groups in total. The summed E-state index contributed by atoms with van der Waals surface area (Å²) in [5, 5.41) is 3.08. The Balaban J connectivity index is 2.01. The highest BCUT2D eigenvalue weighted by atomic mass is 35.5. The standard InChI is InChI=1S/C23H23ClN2O3S/c1-16-9-12-19(13-10-16)30(28,29)26(22-14-17(2)8-11-18(22)3)15-23(27)25-21-7-5-4-6-20(21)24/h4-14H,15H2,1-3H3,(H,25,27). The van der Waals surface area contributed by atoms with Crippen molar-refractivity contribution in [2.75, 3.05) is 16.2 Å². The van der Waals surface area contributed by atoms with E-state index in [2.05, 4.69) is 5.32 Å². The van der Waals surface area contributed by atoms with Crippen LogP contribution in [0.2, 0.25) is 5.02 Å². The number of benzene rings is 3. The molecule has 0 spiro atoms. The van der Waals surface area contributed by atoms with E-state index in [0.717, 1.165) is 21.0 Å². The van der Waals surface area contributed by atoms with Gasteiger partial charge in [0.15, 0.2) is 0 Å². The Morgan fingerprint density at radius 2 is 1.57 bits per heavy atom. The van der Waals surface area contributed by atoms with Gasteiger partial charge in [0.05, 0.1) is 21.3 Å². The molecule has 0 aliphatic rings. The van der Waals surface area contributed by atoms with Crippen LogP contribution in [0.4, 0.5) is 11.4 Å². The molecule has 0 aliphatic heterocycles. The third kappa shape index (κ3) is 4.83. The monoisotopic (exact) mass is 442 g/mol. The molecule has 3 aromatic rings. The summed E-state index contributed by atoms with van der Waals surface area (Å²) in [5.74, 6) is -0.486. The van der Waals surface area contributed by atoms with Crippen LogP contribution in [0.15, 0.2) is 71.6 Å². The summed E-state index contributed by atoms with van der Waals surface area (Å²) in [6.45, 7) is 5.20. The number of aryl methyl sites for hydroxylation is 3. The Kier molecular flexibility index (Phi) is 6.48. The molecule has 3 rings (SSSR count). The Labute approximate surface area is 182 Å². The highest BCUT2D eigenvalue weighted by molar-refractivity contribution is 7.92. The predicted molar refractivity (Wildman–Crippen MR) is 122 cm³/mol. The molecule has 0 unspecified atom stereocenters. The third-order valence-electron chi connectivity index (χ3n) is 4.68. The smallest absolute Gasteiger partial charge is 0.264 e. The van der Waals surface area contributed by atoms with Crippen LogP contribution in [0.1, 0.15) is 16.7 Å². The van der Waals surface area contributed by atoms with Crippen molar-refractivity contribution in [2.24, 2.45) is 0 Å². The number of nitrogens with zero attached hydrogens (tertiary/aromatic N) is 1. The molecule has 3 aromatic carbocycles. The number of rotatable bonds is 6. The fourth-order valence-corrected chi connectivity index (χ4v) is 4.67. The van der Waals surface area contributed by atoms with Gasteiger partial charge in [-0.15, -0.1) is 0 Å². The fourth-order valence-electron chi connectivity index (χ4n) is 3.01. The quantitative estimate of drug-likeness (QED) is 0.577. The summed E-state index contributed by atoms with van der Waals surface area (Å²) < 4.78 is 28.1. The summed E-state index contributed by atoms with van der Waals surface area (Å²) in [5.41, 5.74) is 3.49. The molecule has 5 nitrogen and oxygen atoms in total. The Bertz CT molecular complexity index is 1180. The van der Waals surface area contributed by atoms with Gasteiger partial charge in [-0.1, -0.05) is 53.6 Å². The predicted octanol–water partition coefficient (Wildman–Crippen LogP) is 5.10. The average Bonchev–Trinajstić information content (AvgIpc) is 2.70. The van der Waals surface area contributed by atoms with Gasteiger partial charge < -0.3 is 5.32 Å². The lowest BCUT2D eigenvalue weighted by molar-refractivity contribution is -0.114. The van der Waals surface area contributed by atoms with Crippen molar-refractivity contribution in [2.45, 2.75) is 25.7 Å². The maximum absolute atomic E-state index is 13.5. The number of carbonyl (C=O) groups is 1. The van der Waals surface area contributed by atoms with E-state index < -0.39 is 15.9 Å². The number of sulfonamides is 1. The van der Waals surface area contributed by atoms with Gasteiger partial charge in [-0.05, 0) is 62.2 Å². The first-order chi connectivity index (χ1) is 14.2. The van der Waals surface area contributed by atoms with E-state index in [1.165, 1.54) is 0 Å². The first-order valence-corrected chi connectivity index (χ1v) is 11.2. The van der Waals surface area contributed by atoms with Gasteiger partial charge in [-0.2, -0.15) is 0 Å². The van der Waals surface area contributed by atoms with Crippen molar-refractivity contribution >= 4 is 38.9 Å². The van der Waals surface area contributed by atoms with Crippen LogP contribution in [0.5, 0.6) is 0 Å². The molecule has 156 valence electrons. The first-order valence-electron chi connectivity index (χ1n) is 9.39. The van der Waals surface area contributed by atoms with Gasteiger partial charge in [0.2, 0.25) is 5.91 Å². The van der Waals surface area contributed by atoms with E-state index in [9.17, 15) is 13.2 Å². The maximum atomic E-state index is 13.5. The topological polar surface area (TPSA) is 66.5 Å². The molecule has 0 fully saturated rings. The second-order valence-electron chi connectivity index (χ2n) is 7.14. The molecule has 0 aromatic heterocycles. The van der Waals surface area contributed by atoms with Crippen LogP contribution in [0, 0.1) is 20.8 Å². The summed E-state index contributed by atoms with van der Waals surface area (Å²) in [7, 11) is -3.97. The van der Waals surface area contributed by atoms with Gasteiger partial charge in [0.1, 0.15) is 6.54 Å². The van der Waals surface area contributed by atoms with E-state index in [0.29, 0.717) is 16.4 Å². The van der Waals surface area contributed by atoms with Crippen LogP contribution in [-0.2, 0) is 14.8 Å².